The van der Waals surface area contributed by atoms with Gasteiger partial charge in [-0.25, -0.2) is 0 Å². The van der Waals surface area contributed by atoms with E-state index < -0.39 is 0 Å². The molecule has 17 heavy (non-hydrogen) atoms. The second-order valence-corrected chi connectivity index (χ2v) is 6.04. The molecule has 0 amide bonds. The lowest BCUT2D eigenvalue weighted by Crippen LogP contribution is -2.46. The number of methoxy groups -OCH3 is 1. The van der Waals surface area contributed by atoms with Crippen LogP contribution in [0, 0.1) is 11.3 Å². The van der Waals surface area contributed by atoms with Crippen LogP contribution in [0.2, 0.25) is 0 Å². The van der Waals surface area contributed by atoms with Gasteiger partial charge >= 0.3 is 5.97 Å². The van der Waals surface area contributed by atoms with Crippen LogP contribution in [-0.4, -0.2) is 50.7 Å². The van der Waals surface area contributed by atoms with Crippen molar-refractivity contribution in [1.29, 1.82) is 0 Å². The second-order valence-electron chi connectivity index (χ2n) is 6.04. The van der Waals surface area contributed by atoms with Crippen LogP contribution in [0.5, 0.6) is 0 Å². The molecule has 1 atom stereocenters. The van der Waals surface area contributed by atoms with Crippen LogP contribution in [-0.2, 0) is 9.53 Å². The lowest BCUT2D eigenvalue weighted by molar-refractivity contribution is -0.147. The maximum absolute atomic E-state index is 11.8. The first-order valence-electron chi connectivity index (χ1n) is 6.43. The van der Waals surface area contributed by atoms with Crippen LogP contribution in [0.4, 0.5) is 0 Å². The van der Waals surface area contributed by atoms with Crippen LogP contribution in [0.25, 0.3) is 0 Å². The maximum atomic E-state index is 11.8. The number of carbonyl (C=O) groups is 1. The Morgan fingerprint density at radius 3 is 2.41 bits per heavy atom. The quantitative estimate of drug-likeness (QED) is 0.750. The van der Waals surface area contributed by atoms with E-state index in [9.17, 15) is 4.79 Å². The van der Waals surface area contributed by atoms with Crippen LogP contribution < -0.4 is 5.32 Å². The number of nitrogens with zero attached hydrogens (tertiary/aromatic N) is 1. The van der Waals surface area contributed by atoms with Gasteiger partial charge in [-0.2, -0.15) is 0 Å². The molecule has 1 saturated heterocycles. The third-order valence-corrected chi connectivity index (χ3v) is 3.08. The number of carbonyl (C=O) groups excluding carboxylic acids is 1. The van der Waals surface area contributed by atoms with Crippen molar-refractivity contribution in [2.45, 2.75) is 27.2 Å². The molecule has 1 unspecified atom stereocenters. The minimum absolute atomic E-state index is 0.00176. The highest BCUT2D eigenvalue weighted by atomic mass is 16.5. The molecule has 1 fully saturated rings. The van der Waals surface area contributed by atoms with Crippen molar-refractivity contribution in [2.24, 2.45) is 11.3 Å². The average Bonchev–Trinajstić information content (AvgIpc) is 2.27. The summed E-state index contributed by atoms with van der Waals surface area (Å²) in [6.45, 7) is 11.4. The molecule has 1 rings (SSSR count). The number of piperazine rings is 1. The number of rotatable bonds is 4. The van der Waals surface area contributed by atoms with Crippen molar-refractivity contribution < 1.29 is 9.53 Å². The van der Waals surface area contributed by atoms with E-state index in [2.05, 4.69) is 31.0 Å². The molecule has 0 spiro atoms. The van der Waals surface area contributed by atoms with Gasteiger partial charge < -0.3 is 10.1 Å². The van der Waals surface area contributed by atoms with E-state index in [0.717, 1.165) is 39.1 Å². The Labute approximate surface area is 105 Å². The summed E-state index contributed by atoms with van der Waals surface area (Å²) in [5, 5.41) is 3.32. The Hall–Kier alpha value is -0.610. The van der Waals surface area contributed by atoms with Crippen molar-refractivity contribution in [1.82, 2.24) is 10.2 Å². The number of hydrogen-bond donors (Lipinski definition) is 1. The predicted octanol–water partition coefficient (Wildman–Crippen LogP) is 1.12. The Kier molecular flexibility index (Phi) is 5.40. The highest BCUT2D eigenvalue weighted by Gasteiger charge is 2.27. The normalized spacial score (nSPS) is 20.0. The van der Waals surface area contributed by atoms with Crippen LogP contribution in [0.15, 0.2) is 0 Å². The number of hydrogen-bond acceptors (Lipinski definition) is 4. The zero-order valence-corrected chi connectivity index (χ0v) is 11.6. The number of ether oxygens (including phenoxy) is 1. The molecule has 0 aromatic carbocycles. The van der Waals surface area contributed by atoms with Gasteiger partial charge in [-0.15, -0.1) is 0 Å². The molecule has 0 aliphatic carbocycles. The first-order chi connectivity index (χ1) is 7.92. The molecule has 0 bridgehead atoms. The molecule has 0 aromatic heterocycles. The number of esters is 1. The van der Waals surface area contributed by atoms with E-state index in [1.54, 1.807) is 0 Å². The lowest BCUT2D eigenvalue weighted by atomic mass is 9.84. The summed E-state index contributed by atoms with van der Waals surface area (Å²) in [7, 11) is 1.48. The van der Waals surface area contributed by atoms with E-state index >= 15 is 0 Å². The maximum Gasteiger partial charge on any atom is 0.309 e. The molecule has 100 valence electrons. The fraction of sp³-hybridized carbons (Fsp3) is 0.923. The average molecular weight is 242 g/mol. The van der Waals surface area contributed by atoms with Crippen molar-refractivity contribution >= 4 is 5.97 Å². The SMILES string of the molecule is COC(=O)C(CN1CCNCC1)CC(C)(C)C. The van der Waals surface area contributed by atoms with Gasteiger partial charge in [0.1, 0.15) is 0 Å². The third kappa shape index (κ3) is 5.50. The van der Waals surface area contributed by atoms with Gasteiger partial charge in [-0.05, 0) is 11.8 Å². The van der Waals surface area contributed by atoms with Gasteiger partial charge in [0.25, 0.3) is 0 Å². The Morgan fingerprint density at radius 2 is 1.94 bits per heavy atom. The van der Waals surface area contributed by atoms with Crippen molar-refractivity contribution in [2.75, 3.05) is 39.8 Å². The fourth-order valence-electron chi connectivity index (χ4n) is 2.33. The smallest absolute Gasteiger partial charge is 0.309 e. The molecule has 4 nitrogen and oxygen atoms in total. The van der Waals surface area contributed by atoms with Gasteiger partial charge in [-0.1, -0.05) is 20.8 Å². The summed E-state index contributed by atoms with van der Waals surface area (Å²) in [5.41, 5.74) is 0.160. The largest absolute Gasteiger partial charge is 0.469 e. The Bertz CT molecular complexity index is 242. The molecular weight excluding hydrogens is 216 g/mol. The highest BCUT2D eigenvalue weighted by molar-refractivity contribution is 5.72. The Morgan fingerprint density at radius 1 is 1.35 bits per heavy atom. The molecule has 0 aromatic rings. The minimum Gasteiger partial charge on any atom is -0.469 e. The van der Waals surface area contributed by atoms with Crippen molar-refractivity contribution in [3.05, 3.63) is 0 Å². The van der Waals surface area contributed by atoms with Gasteiger partial charge in [0.15, 0.2) is 0 Å². The summed E-state index contributed by atoms with van der Waals surface area (Å²) >= 11 is 0. The first-order valence-corrected chi connectivity index (χ1v) is 6.43. The highest BCUT2D eigenvalue weighted by Crippen LogP contribution is 2.25. The fourth-order valence-corrected chi connectivity index (χ4v) is 2.33. The van der Waals surface area contributed by atoms with Crippen LogP contribution in [0.1, 0.15) is 27.2 Å². The van der Waals surface area contributed by atoms with E-state index in [1.165, 1.54) is 7.11 Å². The van der Waals surface area contributed by atoms with Gasteiger partial charge in [0.2, 0.25) is 0 Å². The molecular formula is C13H26N2O2. The predicted molar refractivity (Wildman–Crippen MR) is 68.9 cm³/mol. The molecule has 1 heterocycles. The van der Waals surface area contributed by atoms with Crippen LogP contribution >= 0.6 is 0 Å². The third-order valence-electron chi connectivity index (χ3n) is 3.08. The summed E-state index contributed by atoms with van der Waals surface area (Å²) < 4.78 is 4.92. The topological polar surface area (TPSA) is 41.6 Å². The van der Waals surface area contributed by atoms with Gasteiger partial charge in [0.05, 0.1) is 13.0 Å². The molecule has 4 heteroatoms. The van der Waals surface area contributed by atoms with E-state index in [-0.39, 0.29) is 17.3 Å². The summed E-state index contributed by atoms with van der Waals surface area (Å²) in [6.07, 6.45) is 0.879. The summed E-state index contributed by atoms with van der Waals surface area (Å²) in [6, 6.07) is 0. The summed E-state index contributed by atoms with van der Waals surface area (Å²) in [4.78, 5) is 14.1. The first kappa shape index (κ1) is 14.5. The van der Waals surface area contributed by atoms with E-state index in [0.29, 0.717) is 0 Å². The molecule has 1 aliphatic rings. The zero-order valence-electron chi connectivity index (χ0n) is 11.6. The van der Waals surface area contributed by atoms with E-state index in [1.807, 2.05) is 0 Å². The van der Waals surface area contributed by atoms with Crippen molar-refractivity contribution in [3.63, 3.8) is 0 Å². The monoisotopic (exact) mass is 242 g/mol. The molecule has 0 radical (unpaired) electrons. The Balaban J connectivity index is 2.53. The second kappa shape index (κ2) is 6.36. The zero-order chi connectivity index (χ0) is 12.9. The molecule has 0 saturated carbocycles. The molecule has 1 aliphatic heterocycles. The van der Waals surface area contributed by atoms with E-state index in [4.69, 9.17) is 4.74 Å². The summed E-state index contributed by atoms with van der Waals surface area (Å²) in [5.74, 6) is -0.0726. The molecule has 1 N–H and O–H groups in total. The van der Waals surface area contributed by atoms with Crippen molar-refractivity contribution in [3.8, 4) is 0 Å². The standard InChI is InChI=1S/C13H26N2O2/c1-13(2,3)9-11(12(16)17-4)10-15-7-5-14-6-8-15/h11,14H,5-10H2,1-4H3. The van der Waals surface area contributed by atoms with Gasteiger partial charge in [-0.3, -0.25) is 9.69 Å². The van der Waals surface area contributed by atoms with Gasteiger partial charge in [0, 0.05) is 32.7 Å². The lowest BCUT2D eigenvalue weighted by Gasteiger charge is -2.32. The number of nitrogens with one attached hydrogen (secondary N) is 1. The van der Waals surface area contributed by atoms with Crippen LogP contribution in [0.3, 0.4) is 0 Å². The minimum atomic E-state index is -0.0709.